The van der Waals surface area contributed by atoms with Crippen molar-refractivity contribution in [3.05, 3.63) is 17.5 Å². The first-order valence-electron chi connectivity index (χ1n) is 5.97. The van der Waals surface area contributed by atoms with Crippen molar-refractivity contribution in [1.82, 2.24) is 15.3 Å². The number of rotatable bonds is 5. The van der Waals surface area contributed by atoms with E-state index in [1.807, 2.05) is 20.2 Å². The fourth-order valence-electron chi connectivity index (χ4n) is 1.81. The first kappa shape index (κ1) is 12.3. The van der Waals surface area contributed by atoms with Crippen molar-refractivity contribution in [2.45, 2.75) is 19.9 Å². The first-order valence-corrected chi connectivity index (χ1v) is 5.97. The molecule has 0 aliphatic carbocycles. The van der Waals surface area contributed by atoms with E-state index >= 15 is 0 Å². The van der Waals surface area contributed by atoms with E-state index in [9.17, 15) is 0 Å². The molecule has 0 radical (unpaired) electrons. The van der Waals surface area contributed by atoms with Crippen LogP contribution in [0.25, 0.3) is 0 Å². The number of ether oxygens (including phenoxy) is 2. The second kappa shape index (κ2) is 5.93. The molecule has 0 amide bonds. The van der Waals surface area contributed by atoms with E-state index in [4.69, 9.17) is 9.47 Å². The monoisotopic (exact) mass is 237 g/mol. The van der Waals surface area contributed by atoms with Gasteiger partial charge in [-0.15, -0.1) is 0 Å². The predicted molar refractivity (Wildman–Crippen MR) is 64.0 cm³/mol. The minimum atomic E-state index is 0.467. The average Bonchev–Trinajstić information content (AvgIpc) is 2.83. The molecule has 0 bridgehead atoms. The minimum Gasteiger partial charge on any atom is -0.463 e. The fourth-order valence-corrected chi connectivity index (χ4v) is 1.81. The van der Waals surface area contributed by atoms with Gasteiger partial charge in [-0.3, -0.25) is 0 Å². The Kier molecular flexibility index (Phi) is 4.28. The van der Waals surface area contributed by atoms with E-state index in [1.165, 1.54) is 0 Å². The Balaban J connectivity index is 1.90. The minimum absolute atomic E-state index is 0.467. The smallest absolute Gasteiger partial charge is 0.316 e. The van der Waals surface area contributed by atoms with Crippen LogP contribution in [0.15, 0.2) is 6.20 Å². The van der Waals surface area contributed by atoms with Crippen molar-refractivity contribution >= 4 is 0 Å². The zero-order valence-electron chi connectivity index (χ0n) is 10.4. The van der Waals surface area contributed by atoms with Crippen molar-refractivity contribution in [3.63, 3.8) is 0 Å². The van der Waals surface area contributed by atoms with Crippen LogP contribution in [0.4, 0.5) is 0 Å². The second-order valence-electron chi connectivity index (χ2n) is 4.33. The summed E-state index contributed by atoms with van der Waals surface area (Å²) in [6, 6.07) is 0.467. The SMILES string of the molecule is CNCc1cnc(OCC2CCOC2)nc1C. The van der Waals surface area contributed by atoms with Crippen molar-refractivity contribution < 1.29 is 9.47 Å². The lowest BCUT2D eigenvalue weighted by Crippen LogP contribution is -2.14. The third-order valence-electron chi connectivity index (χ3n) is 2.90. The zero-order valence-corrected chi connectivity index (χ0v) is 10.4. The normalized spacial score (nSPS) is 19.5. The molecule has 1 saturated heterocycles. The van der Waals surface area contributed by atoms with Crippen LogP contribution in [-0.2, 0) is 11.3 Å². The maximum atomic E-state index is 5.58. The van der Waals surface area contributed by atoms with Crippen LogP contribution in [0.5, 0.6) is 6.01 Å². The Hall–Kier alpha value is -1.20. The molecule has 17 heavy (non-hydrogen) atoms. The Morgan fingerprint density at radius 2 is 2.47 bits per heavy atom. The van der Waals surface area contributed by atoms with Crippen LogP contribution in [0, 0.1) is 12.8 Å². The highest BCUT2D eigenvalue weighted by Crippen LogP contribution is 2.14. The molecule has 1 unspecified atom stereocenters. The van der Waals surface area contributed by atoms with Crippen molar-refractivity contribution in [2.75, 3.05) is 26.9 Å². The van der Waals surface area contributed by atoms with Gasteiger partial charge in [-0.05, 0) is 20.4 Å². The zero-order chi connectivity index (χ0) is 12.1. The molecule has 2 rings (SSSR count). The van der Waals surface area contributed by atoms with E-state index in [2.05, 4.69) is 15.3 Å². The highest BCUT2D eigenvalue weighted by molar-refractivity contribution is 5.17. The van der Waals surface area contributed by atoms with Crippen molar-refractivity contribution in [3.8, 4) is 6.01 Å². The summed E-state index contributed by atoms with van der Waals surface area (Å²) in [5.74, 6) is 0.482. The van der Waals surface area contributed by atoms with Gasteiger partial charge in [0.05, 0.1) is 13.2 Å². The molecule has 0 aromatic carbocycles. The molecule has 0 saturated carbocycles. The molecule has 5 nitrogen and oxygen atoms in total. The highest BCUT2D eigenvalue weighted by Gasteiger charge is 2.16. The van der Waals surface area contributed by atoms with Crippen LogP contribution in [0.2, 0.25) is 0 Å². The predicted octanol–water partition coefficient (Wildman–Crippen LogP) is 0.920. The summed E-state index contributed by atoms with van der Waals surface area (Å²) in [4.78, 5) is 8.54. The van der Waals surface area contributed by atoms with E-state index in [1.54, 1.807) is 0 Å². The van der Waals surface area contributed by atoms with Gasteiger partial charge in [0.1, 0.15) is 0 Å². The quantitative estimate of drug-likeness (QED) is 0.825. The maximum Gasteiger partial charge on any atom is 0.316 e. The fraction of sp³-hybridized carbons (Fsp3) is 0.667. The summed E-state index contributed by atoms with van der Waals surface area (Å²) in [6.07, 6.45) is 2.89. The summed E-state index contributed by atoms with van der Waals surface area (Å²) >= 11 is 0. The molecule has 0 spiro atoms. The van der Waals surface area contributed by atoms with Crippen LogP contribution < -0.4 is 10.1 Å². The van der Waals surface area contributed by atoms with Gasteiger partial charge in [-0.2, -0.15) is 0 Å². The van der Waals surface area contributed by atoms with Crippen LogP contribution in [-0.4, -0.2) is 36.8 Å². The Labute approximate surface area is 102 Å². The summed E-state index contributed by atoms with van der Waals surface area (Å²) in [5.41, 5.74) is 2.07. The average molecular weight is 237 g/mol. The lowest BCUT2D eigenvalue weighted by Gasteiger charge is -2.10. The first-order chi connectivity index (χ1) is 8.29. The van der Waals surface area contributed by atoms with Crippen molar-refractivity contribution in [2.24, 2.45) is 5.92 Å². The number of nitrogens with one attached hydrogen (secondary N) is 1. The van der Waals surface area contributed by atoms with Gasteiger partial charge in [0.25, 0.3) is 0 Å². The molecule has 1 aromatic heterocycles. The summed E-state index contributed by atoms with van der Waals surface area (Å²) in [6.45, 7) is 5.03. The molecule has 1 atom stereocenters. The van der Waals surface area contributed by atoms with Gasteiger partial charge in [0.2, 0.25) is 0 Å². The molecule has 1 aromatic rings. The van der Waals surface area contributed by atoms with Gasteiger partial charge in [-0.25, -0.2) is 9.97 Å². The number of aryl methyl sites for hydroxylation is 1. The largest absolute Gasteiger partial charge is 0.463 e. The summed E-state index contributed by atoms with van der Waals surface area (Å²) in [5, 5.41) is 3.08. The van der Waals surface area contributed by atoms with Gasteiger partial charge in [0, 0.05) is 36.5 Å². The van der Waals surface area contributed by atoms with Crippen LogP contribution in [0.1, 0.15) is 17.7 Å². The van der Waals surface area contributed by atoms with Gasteiger partial charge in [0.15, 0.2) is 0 Å². The summed E-state index contributed by atoms with van der Waals surface area (Å²) < 4.78 is 10.9. The molecule has 94 valence electrons. The lowest BCUT2D eigenvalue weighted by molar-refractivity contribution is 0.163. The highest BCUT2D eigenvalue weighted by atomic mass is 16.5. The molecular weight excluding hydrogens is 218 g/mol. The van der Waals surface area contributed by atoms with E-state index in [0.29, 0.717) is 18.5 Å². The molecule has 1 aliphatic heterocycles. The molecule has 1 aliphatic rings. The topological polar surface area (TPSA) is 56.3 Å². The third-order valence-corrected chi connectivity index (χ3v) is 2.90. The second-order valence-corrected chi connectivity index (χ2v) is 4.33. The summed E-state index contributed by atoms with van der Waals surface area (Å²) in [7, 11) is 1.91. The molecule has 2 heterocycles. The Bertz CT molecular complexity index is 365. The van der Waals surface area contributed by atoms with Crippen molar-refractivity contribution in [1.29, 1.82) is 0 Å². The Morgan fingerprint density at radius 3 is 3.12 bits per heavy atom. The number of hydrogen-bond donors (Lipinski definition) is 1. The molecule has 1 N–H and O–H groups in total. The molecule has 5 heteroatoms. The van der Waals surface area contributed by atoms with Gasteiger partial charge >= 0.3 is 6.01 Å². The molecular formula is C12H19N3O2. The maximum absolute atomic E-state index is 5.58. The standard InChI is InChI=1S/C12H19N3O2/c1-9-11(5-13-2)6-14-12(15-9)17-8-10-3-4-16-7-10/h6,10,13H,3-5,7-8H2,1-2H3. The third kappa shape index (κ3) is 3.38. The van der Waals surface area contributed by atoms with Gasteiger partial charge < -0.3 is 14.8 Å². The number of aromatic nitrogens is 2. The lowest BCUT2D eigenvalue weighted by atomic mass is 10.1. The van der Waals surface area contributed by atoms with E-state index in [-0.39, 0.29) is 0 Å². The number of hydrogen-bond acceptors (Lipinski definition) is 5. The van der Waals surface area contributed by atoms with E-state index < -0.39 is 0 Å². The number of nitrogens with zero attached hydrogens (tertiary/aromatic N) is 2. The van der Waals surface area contributed by atoms with Crippen LogP contribution >= 0.6 is 0 Å². The Morgan fingerprint density at radius 1 is 1.59 bits per heavy atom. The van der Waals surface area contributed by atoms with Crippen LogP contribution in [0.3, 0.4) is 0 Å². The van der Waals surface area contributed by atoms with E-state index in [0.717, 1.165) is 37.4 Å². The molecule has 1 fully saturated rings. The van der Waals surface area contributed by atoms with Gasteiger partial charge in [-0.1, -0.05) is 0 Å².